The lowest BCUT2D eigenvalue weighted by molar-refractivity contribution is -0.111. The number of amides is 1. The van der Waals surface area contributed by atoms with Crippen LogP contribution in [0, 0.1) is 5.82 Å². The fraction of sp³-hybridized carbons (Fsp3) is 0.231. The molecule has 0 radical (unpaired) electrons. The Hall–Kier alpha value is -4.31. The molecule has 1 saturated heterocycles. The van der Waals surface area contributed by atoms with E-state index in [2.05, 4.69) is 49.1 Å². The minimum Gasteiger partial charge on any atom is -0.369 e. The molecule has 3 heterocycles. The van der Waals surface area contributed by atoms with Gasteiger partial charge in [-0.1, -0.05) is 18.7 Å². The highest BCUT2D eigenvalue weighted by Gasteiger charge is 2.25. The summed E-state index contributed by atoms with van der Waals surface area (Å²) in [4.78, 5) is 25.4. The lowest BCUT2D eigenvalue weighted by Crippen LogP contribution is -2.34. The van der Waals surface area contributed by atoms with Crippen LogP contribution in [0.3, 0.4) is 0 Å². The van der Waals surface area contributed by atoms with Crippen LogP contribution in [0.2, 0.25) is 0 Å². The zero-order valence-corrected chi connectivity index (χ0v) is 20.1. The minimum absolute atomic E-state index is 0.291. The highest BCUT2D eigenvalue weighted by molar-refractivity contribution is 6.01. The first-order chi connectivity index (χ1) is 17.4. The van der Waals surface area contributed by atoms with E-state index < -0.39 is 0 Å². The first-order valence-electron chi connectivity index (χ1n) is 11.6. The molecule has 0 saturated carbocycles. The zero-order valence-electron chi connectivity index (χ0n) is 20.1. The molecule has 1 fully saturated rings. The van der Waals surface area contributed by atoms with Crippen LogP contribution in [-0.2, 0) is 4.79 Å². The molecule has 9 nitrogen and oxygen atoms in total. The van der Waals surface area contributed by atoms with Crippen molar-refractivity contribution in [3.8, 4) is 11.3 Å². The fourth-order valence-electron chi connectivity index (χ4n) is 4.45. The van der Waals surface area contributed by atoms with Gasteiger partial charge in [0.15, 0.2) is 5.65 Å². The Morgan fingerprint density at radius 1 is 1.22 bits per heavy atom. The van der Waals surface area contributed by atoms with Crippen LogP contribution in [0.4, 0.5) is 27.4 Å². The summed E-state index contributed by atoms with van der Waals surface area (Å²) in [5.41, 5.74) is 4.11. The molecule has 4 aromatic rings. The lowest BCUT2D eigenvalue weighted by Gasteiger charge is -2.29. The van der Waals surface area contributed by atoms with Gasteiger partial charge in [0.05, 0.1) is 29.5 Å². The molecule has 1 unspecified atom stereocenters. The molecule has 2 aromatic heterocycles. The first-order valence-corrected chi connectivity index (χ1v) is 11.6. The fourth-order valence-corrected chi connectivity index (χ4v) is 4.45. The molecule has 10 heteroatoms. The molecule has 2 N–H and O–H groups in total. The molecule has 0 bridgehead atoms. The number of likely N-dealkylation sites (tertiary alicyclic amines) is 1. The second kappa shape index (κ2) is 9.74. The predicted molar refractivity (Wildman–Crippen MR) is 139 cm³/mol. The standard InChI is InChI=1S/C26H27FN8O/c1-4-25(36)31-21-13-19(8-9-22(21)34(3)20-10-11-33(2)16-20)30-26-29-15-24-28-14-23(35(24)32-26)17-6-5-7-18(27)12-17/h4-9,12-15,20H,1,10-11,16H2,2-3H3,(H,30,32)(H,31,36). The summed E-state index contributed by atoms with van der Waals surface area (Å²) in [5.74, 6) is -0.294. The maximum absolute atomic E-state index is 13.8. The van der Waals surface area contributed by atoms with Crippen LogP contribution in [0.1, 0.15) is 6.42 Å². The van der Waals surface area contributed by atoms with Crippen LogP contribution in [0.5, 0.6) is 0 Å². The second-order valence-corrected chi connectivity index (χ2v) is 8.87. The van der Waals surface area contributed by atoms with Crippen molar-refractivity contribution in [2.24, 2.45) is 0 Å². The molecule has 2 aromatic carbocycles. The van der Waals surface area contributed by atoms with Crippen molar-refractivity contribution in [1.82, 2.24) is 24.5 Å². The average Bonchev–Trinajstić information content (AvgIpc) is 3.50. The third-order valence-electron chi connectivity index (χ3n) is 6.37. The number of nitrogens with one attached hydrogen (secondary N) is 2. The van der Waals surface area contributed by atoms with Crippen molar-refractivity contribution in [1.29, 1.82) is 0 Å². The number of hydrogen-bond donors (Lipinski definition) is 2. The van der Waals surface area contributed by atoms with Crippen molar-refractivity contribution >= 4 is 34.6 Å². The van der Waals surface area contributed by atoms with Gasteiger partial charge in [0.1, 0.15) is 5.82 Å². The molecule has 0 aliphatic carbocycles. The van der Waals surface area contributed by atoms with E-state index in [-0.39, 0.29) is 11.7 Å². The van der Waals surface area contributed by atoms with Crippen molar-refractivity contribution in [2.45, 2.75) is 12.5 Å². The molecule has 184 valence electrons. The van der Waals surface area contributed by atoms with E-state index in [0.29, 0.717) is 40.3 Å². The smallest absolute Gasteiger partial charge is 0.247 e. The number of fused-ring (bicyclic) bond motifs is 1. The van der Waals surface area contributed by atoms with Gasteiger partial charge >= 0.3 is 0 Å². The molecule has 1 atom stereocenters. The minimum atomic E-state index is -0.335. The zero-order chi connectivity index (χ0) is 25.2. The van der Waals surface area contributed by atoms with E-state index in [1.165, 1.54) is 18.2 Å². The summed E-state index contributed by atoms with van der Waals surface area (Å²) in [6.07, 6.45) is 5.53. The highest BCUT2D eigenvalue weighted by atomic mass is 19.1. The van der Waals surface area contributed by atoms with Gasteiger partial charge in [-0.15, -0.1) is 5.10 Å². The number of aromatic nitrogens is 4. The average molecular weight is 487 g/mol. The van der Waals surface area contributed by atoms with Gasteiger partial charge in [-0.05, 0) is 56.4 Å². The van der Waals surface area contributed by atoms with Crippen molar-refractivity contribution in [2.75, 3.05) is 42.7 Å². The Bertz CT molecular complexity index is 1430. The first kappa shape index (κ1) is 23.4. The molecular weight excluding hydrogens is 459 g/mol. The van der Waals surface area contributed by atoms with E-state index in [0.717, 1.165) is 25.2 Å². The third kappa shape index (κ3) is 4.76. The Labute approximate surface area is 208 Å². The number of carbonyl (C=O) groups is 1. The Balaban J connectivity index is 1.45. The number of likely N-dealkylation sites (N-methyl/N-ethyl adjacent to an activating group) is 2. The second-order valence-electron chi connectivity index (χ2n) is 8.87. The third-order valence-corrected chi connectivity index (χ3v) is 6.37. The maximum atomic E-state index is 13.8. The molecule has 1 aliphatic rings. The molecular formula is C26H27FN8O. The van der Waals surface area contributed by atoms with E-state index in [1.54, 1.807) is 29.0 Å². The molecule has 1 aliphatic heterocycles. The number of imidazole rings is 1. The number of halogens is 1. The number of carbonyl (C=O) groups excluding carboxylic acids is 1. The quantitative estimate of drug-likeness (QED) is 0.383. The highest BCUT2D eigenvalue weighted by Crippen LogP contribution is 2.32. The largest absolute Gasteiger partial charge is 0.369 e. The van der Waals surface area contributed by atoms with Crippen LogP contribution >= 0.6 is 0 Å². The summed E-state index contributed by atoms with van der Waals surface area (Å²) in [6, 6.07) is 12.4. The lowest BCUT2D eigenvalue weighted by atomic mass is 10.1. The number of benzene rings is 2. The maximum Gasteiger partial charge on any atom is 0.247 e. The van der Waals surface area contributed by atoms with E-state index in [1.807, 2.05) is 25.2 Å². The summed E-state index contributed by atoms with van der Waals surface area (Å²) in [7, 11) is 4.15. The monoisotopic (exact) mass is 486 g/mol. The summed E-state index contributed by atoms with van der Waals surface area (Å²) < 4.78 is 15.4. The van der Waals surface area contributed by atoms with Gasteiger partial charge in [0.2, 0.25) is 11.9 Å². The SMILES string of the molecule is C=CC(=O)Nc1cc(Nc2ncc3ncc(-c4cccc(F)c4)n3n2)ccc1N(C)C1CCN(C)C1. The predicted octanol–water partition coefficient (Wildman–Crippen LogP) is 3.94. The van der Waals surface area contributed by atoms with Gasteiger partial charge in [-0.25, -0.2) is 18.9 Å². The van der Waals surface area contributed by atoms with Gasteiger partial charge in [-0.3, -0.25) is 4.79 Å². The topological polar surface area (TPSA) is 90.7 Å². The summed E-state index contributed by atoms with van der Waals surface area (Å²) in [5, 5.41) is 10.7. The van der Waals surface area contributed by atoms with Crippen molar-refractivity contribution in [3.63, 3.8) is 0 Å². The molecule has 1 amide bonds. The normalized spacial score (nSPS) is 15.7. The number of anilines is 4. The number of nitrogens with zero attached hydrogens (tertiary/aromatic N) is 6. The summed E-state index contributed by atoms with van der Waals surface area (Å²) in [6.45, 7) is 5.56. The van der Waals surface area contributed by atoms with Crippen molar-refractivity contribution in [3.05, 3.63) is 73.3 Å². The van der Waals surface area contributed by atoms with Crippen molar-refractivity contribution < 1.29 is 9.18 Å². The Morgan fingerprint density at radius 3 is 2.83 bits per heavy atom. The molecule has 0 spiro atoms. The Morgan fingerprint density at radius 2 is 2.08 bits per heavy atom. The van der Waals surface area contributed by atoms with Gasteiger partial charge in [0, 0.05) is 30.9 Å². The molecule has 5 rings (SSSR count). The van der Waals surface area contributed by atoms with E-state index >= 15 is 0 Å². The van der Waals surface area contributed by atoms with Crippen LogP contribution < -0.4 is 15.5 Å². The van der Waals surface area contributed by atoms with Crippen LogP contribution in [-0.4, -0.2) is 63.6 Å². The van der Waals surface area contributed by atoms with Gasteiger partial charge < -0.3 is 20.4 Å². The Kier molecular flexibility index (Phi) is 6.34. The molecule has 36 heavy (non-hydrogen) atoms. The van der Waals surface area contributed by atoms with E-state index in [4.69, 9.17) is 0 Å². The summed E-state index contributed by atoms with van der Waals surface area (Å²) >= 11 is 0. The van der Waals surface area contributed by atoms with E-state index in [9.17, 15) is 9.18 Å². The van der Waals surface area contributed by atoms with Gasteiger partial charge in [-0.2, -0.15) is 0 Å². The van der Waals surface area contributed by atoms with Crippen LogP contribution in [0.15, 0.2) is 67.5 Å². The van der Waals surface area contributed by atoms with Crippen LogP contribution in [0.25, 0.3) is 16.9 Å². The van der Waals surface area contributed by atoms with Gasteiger partial charge in [0.25, 0.3) is 0 Å². The number of rotatable bonds is 7. The number of hydrogen-bond acceptors (Lipinski definition) is 7.